The van der Waals surface area contributed by atoms with E-state index in [1.807, 2.05) is 0 Å². The SMILES string of the molecule is COC(=O)CC(=O)C(C)(C)CCOO. The first-order valence-electron chi connectivity index (χ1n) is 4.30. The summed E-state index contributed by atoms with van der Waals surface area (Å²) in [5.74, 6) is -0.769. The van der Waals surface area contributed by atoms with E-state index in [1.165, 1.54) is 7.11 Å². The lowest BCUT2D eigenvalue weighted by Crippen LogP contribution is -2.28. The Morgan fingerprint density at radius 2 is 1.93 bits per heavy atom. The van der Waals surface area contributed by atoms with Crippen LogP contribution in [0.2, 0.25) is 0 Å². The summed E-state index contributed by atoms with van der Waals surface area (Å²) in [5.41, 5.74) is -0.684. The molecule has 5 heteroatoms. The Kier molecular flexibility index (Phi) is 5.34. The monoisotopic (exact) mass is 204 g/mol. The molecule has 14 heavy (non-hydrogen) atoms. The molecule has 0 aliphatic heterocycles. The normalized spacial score (nSPS) is 11.1. The van der Waals surface area contributed by atoms with Crippen LogP contribution in [0.4, 0.5) is 0 Å². The second kappa shape index (κ2) is 5.72. The van der Waals surface area contributed by atoms with Crippen LogP contribution in [0.1, 0.15) is 26.7 Å². The lowest BCUT2D eigenvalue weighted by molar-refractivity contribution is -0.245. The molecule has 0 spiro atoms. The number of hydrogen-bond donors (Lipinski definition) is 1. The van der Waals surface area contributed by atoms with Crippen molar-refractivity contribution in [2.75, 3.05) is 13.7 Å². The van der Waals surface area contributed by atoms with E-state index in [-0.39, 0.29) is 18.8 Å². The van der Waals surface area contributed by atoms with Crippen molar-refractivity contribution in [1.82, 2.24) is 0 Å². The summed E-state index contributed by atoms with van der Waals surface area (Å²) in [4.78, 5) is 26.2. The van der Waals surface area contributed by atoms with Crippen LogP contribution in [-0.2, 0) is 19.2 Å². The van der Waals surface area contributed by atoms with Gasteiger partial charge in [-0.2, -0.15) is 0 Å². The molecule has 0 radical (unpaired) electrons. The quantitative estimate of drug-likeness (QED) is 0.303. The molecule has 0 unspecified atom stereocenters. The second-order valence-corrected chi connectivity index (χ2v) is 3.64. The third kappa shape index (κ3) is 4.34. The zero-order valence-corrected chi connectivity index (χ0v) is 8.70. The summed E-state index contributed by atoms with van der Waals surface area (Å²) in [7, 11) is 1.24. The Morgan fingerprint density at radius 3 is 2.36 bits per heavy atom. The molecule has 0 aromatic carbocycles. The van der Waals surface area contributed by atoms with E-state index < -0.39 is 11.4 Å². The number of methoxy groups -OCH3 is 1. The molecule has 0 aromatic rings. The van der Waals surface area contributed by atoms with E-state index in [4.69, 9.17) is 5.26 Å². The van der Waals surface area contributed by atoms with Crippen LogP contribution < -0.4 is 0 Å². The summed E-state index contributed by atoms with van der Waals surface area (Å²) in [6, 6.07) is 0. The fourth-order valence-electron chi connectivity index (χ4n) is 0.883. The van der Waals surface area contributed by atoms with Crippen molar-refractivity contribution >= 4 is 11.8 Å². The molecule has 82 valence electrons. The number of hydrogen-bond acceptors (Lipinski definition) is 5. The first-order chi connectivity index (χ1) is 6.44. The van der Waals surface area contributed by atoms with E-state index in [0.29, 0.717) is 6.42 Å². The molecule has 0 heterocycles. The van der Waals surface area contributed by atoms with Crippen molar-refractivity contribution in [2.45, 2.75) is 26.7 Å². The van der Waals surface area contributed by atoms with Gasteiger partial charge in [0, 0.05) is 5.41 Å². The van der Waals surface area contributed by atoms with Gasteiger partial charge in [-0.05, 0) is 6.42 Å². The highest BCUT2D eigenvalue weighted by atomic mass is 17.1. The molecule has 0 aromatic heterocycles. The fourth-order valence-corrected chi connectivity index (χ4v) is 0.883. The number of carbonyl (C=O) groups is 2. The molecule has 0 aliphatic carbocycles. The summed E-state index contributed by atoms with van der Waals surface area (Å²) in [5, 5.41) is 8.14. The van der Waals surface area contributed by atoms with Crippen LogP contribution >= 0.6 is 0 Å². The van der Waals surface area contributed by atoms with E-state index in [2.05, 4.69) is 9.62 Å². The Hall–Kier alpha value is -0.940. The van der Waals surface area contributed by atoms with Crippen molar-refractivity contribution in [3.63, 3.8) is 0 Å². The molecule has 0 aliphatic rings. The molecule has 5 nitrogen and oxygen atoms in total. The molecule has 0 rings (SSSR count). The predicted molar refractivity (Wildman–Crippen MR) is 48.6 cm³/mol. The molecular weight excluding hydrogens is 188 g/mol. The van der Waals surface area contributed by atoms with Gasteiger partial charge in [0.15, 0.2) is 0 Å². The van der Waals surface area contributed by atoms with Crippen molar-refractivity contribution in [2.24, 2.45) is 5.41 Å². The van der Waals surface area contributed by atoms with Gasteiger partial charge in [0.2, 0.25) is 0 Å². The average molecular weight is 204 g/mol. The summed E-state index contributed by atoms with van der Waals surface area (Å²) in [6.07, 6.45) is 0.119. The van der Waals surface area contributed by atoms with Crippen LogP contribution in [0.15, 0.2) is 0 Å². The smallest absolute Gasteiger partial charge is 0.313 e. The van der Waals surface area contributed by atoms with Crippen LogP contribution in [0.5, 0.6) is 0 Å². The zero-order valence-electron chi connectivity index (χ0n) is 8.70. The average Bonchev–Trinajstić information content (AvgIpc) is 2.14. The molecule has 1 N–H and O–H groups in total. The highest BCUT2D eigenvalue weighted by Crippen LogP contribution is 2.23. The summed E-state index contributed by atoms with van der Waals surface area (Å²) in [6.45, 7) is 3.45. The fraction of sp³-hybridized carbons (Fsp3) is 0.778. The maximum absolute atomic E-state index is 11.5. The van der Waals surface area contributed by atoms with Crippen LogP contribution in [0.3, 0.4) is 0 Å². The van der Waals surface area contributed by atoms with Gasteiger partial charge in [-0.25, -0.2) is 4.89 Å². The van der Waals surface area contributed by atoms with Gasteiger partial charge in [0.1, 0.15) is 12.2 Å². The largest absolute Gasteiger partial charge is 0.469 e. The highest BCUT2D eigenvalue weighted by molar-refractivity contribution is 5.98. The summed E-state index contributed by atoms with van der Waals surface area (Å²) < 4.78 is 4.38. The number of Topliss-reactive ketones (excluding diaryl/α,β-unsaturated/α-hetero) is 1. The van der Waals surface area contributed by atoms with E-state index in [0.717, 1.165) is 0 Å². The standard InChI is InChI=1S/C9H16O5/c1-9(2,4-5-14-12)7(10)6-8(11)13-3/h12H,4-6H2,1-3H3. The minimum atomic E-state index is -0.684. The summed E-state index contributed by atoms with van der Waals surface area (Å²) >= 11 is 0. The van der Waals surface area contributed by atoms with E-state index >= 15 is 0 Å². The van der Waals surface area contributed by atoms with Crippen molar-refractivity contribution < 1.29 is 24.5 Å². The molecule has 0 atom stereocenters. The van der Waals surface area contributed by atoms with Crippen molar-refractivity contribution in [3.05, 3.63) is 0 Å². The molecule has 0 saturated carbocycles. The topological polar surface area (TPSA) is 72.8 Å². The Bertz CT molecular complexity index is 209. The lowest BCUT2D eigenvalue weighted by atomic mass is 9.83. The number of rotatable bonds is 6. The second-order valence-electron chi connectivity index (χ2n) is 3.64. The molecular formula is C9H16O5. The Morgan fingerprint density at radius 1 is 1.36 bits per heavy atom. The van der Waals surface area contributed by atoms with Gasteiger partial charge in [-0.15, -0.1) is 0 Å². The van der Waals surface area contributed by atoms with Crippen LogP contribution in [-0.4, -0.2) is 30.7 Å². The minimum absolute atomic E-state index is 0.0694. The van der Waals surface area contributed by atoms with Gasteiger partial charge in [-0.3, -0.25) is 14.8 Å². The number of carbonyl (C=O) groups excluding carboxylic acids is 2. The van der Waals surface area contributed by atoms with Crippen molar-refractivity contribution in [1.29, 1.82) is 0 Å². The van der Waals surface area contributed by atoms with Gasteiger partial charge < -0.3 is 4.74 Å². The van der Waals surface area contributed by atoms with Gasteiger partial charge in [0.25, 0.3) is 0 Å². The number of ether oxygens (including phenoxy) is 1. The Balaban J connectivity index is 4.13. The predicted octanol–water partition coefficient (Wildman–Crippen LogP) is 1.02. The maximum atomic E-state index is 11.5. The van der Waals surface area contributed by atoms with Gasteiger partial charge in [-0.1, -0.05) is 13.8 Å². The zero-order chi connectivity index (χ0) is 11.2. The molecule has 0 fully saturated rings. The van der Waals surface area contributed by atoms with Crippen LogP contribution in [0.25, 0.3) is 0 Å². The van der Waals surface area contributed by atoms with Gasteiger partial charge in [0.05, 0.1) is 13.7 Å². The first-order valence-corrected chi connectivity index (χ1v) is 4.30. The third-order valence-electron chi connectivity index (χ3n) is 2.11. The van der Waals surface area contributed by atoms with Gasteiger partial charge >= 0.3 is 5.97 Å². The maximum Gasteiger partial charge on any atom is 0.313 e. The Labute approximate surface area is 82.9 Å². The minimum Gasteiger partial charge on any atom is -0.469 e. The molecule has 0 saturated heterocycles. The lowest BCUT2D eigenvalue weighted by Gasteiger charge is -2.21. The third-order valence-corrected chi connectivity index (χ3v) is 2.11. The molecule has 0 amide bonds. The molecule has 0 bridgehead atoms. The number of ketones is 1. The highest BCUT2D eigenvalue weighted by Gasteiger charge is 2.28. The van der Waals surface area contributed by atoms with E-state index in [9.17, 15) is 9.59 Å². The van der Waals surface area contributed by atoms with E-state index in [1.54, 1.807) is 13.8 Å². The number of esters is 1. The van der Waals surface area contributed by atoms with Crippen LogP contribution in [0, 0.1) is 5.41 Å². The first kappa shape index (κ1) is 13.1. The van der Waals surface area contributed by atoms with Crippen molar-refractivity contribution in [3.8, 4) is 0 Å².